The third-order valence-corrected chi connectivity index (χ3v) is 6.58. The Hall–Kier alpha value is -2.99. The quantitative estimate of drug-likeness (QED) is 0.355. The predicted molar refractivity (Wildman–Crippen MR) is 141 cm³/mol. The maximum absolute atomic E-state index is 9.98. The second-order valence-corrected chi connectivity index (χ2v) is 9.08. The van der Waals surface area contributed by atoms with E-state index < -0.39 is 0 Å². The van der Waals surface area contributed by atoms with E-state index in [0.717, 1.165) is 42.1 Å². The Morgan fingerprint density at radius 3 is 2.17 bits per heavy atom. The lowest BCUT2D eigenvalue weighted by Gasteiger charge is -2.28. The van der Waals surface area contributed by atoms with E-state index >= 15 is 0 Å². The molecular formula is C30H36N2O3. The summed E-state index contributed by atoms with van der Waals surface area (Å²) in [6.45, 7) is 3.60. The van der Waals surface area contributed by atoms with Crippen molar-refractivity contribution in [2.45, 2.75) is 31.6 Å². The summed E-state index contributed by atoms with van der Waals surface area (Å²) >= 11 is 0. The van der Waals surface area contributed by atoms with Gasteiger partial charge in [-0.3, -0.25) is 4.99 Å². The molecule has 35 heavy (non-hydrogen) atoms. The number of aliphatic hydroxyl groups excluding tert-OH is 1. The zero-order chi connectivity index (χ0) is 24.3. The number of likely N-dealkylation sites (tertiary alicyclic amines) is 1. The normalized spacial score (nSPS) is 16.9. The molecule has 0 amide bonds. The number of methoxy groups -OCH3 is 1. The number of benzene rings is 3. The van der Waals surface area contributed by atoms with Gasteiger partial charge in [0.05, 0.1) is 18.8 Å². The number of rotatable bonds is 12. The second kappa shape index (κ2) is 13.2. The van der Waals surface area contributed by atoms with E-state index in [1.165, 1.54) is 12.8 Å². The fourth-order valence-electron chi connectivity index (χ4n) is 4.67. The molecule has 4 rings (SSSR count). The smallest absolute Gasteiger partial charge is 0.119 e. The van der Waals surface area contributed by atoms with Gasteiger partial charge in [-0.25, -0.2) is 0 Å². The summed E-state index contributed by atoms with van der Waals surface area (Å²) in [5.74, 6) is 0.897. The molecule has 184 valence electrons. The SMILES string of the molecule is CO[C@H](c1ccc(OCc2ccccc2)cc1)[C@H](C=N[C@H](CO)c1ccccc1)CN1CCCC1. The van der Waals surface area contributed by atoms with Crippen LogP contribution in [0.4, 0.5) is 0 Å². The van der Waals surface area contributed by atoms with E-state index in [-0.39, 0.29) is 24.7 Å². The summed E-state index contributed by atoms with van der Waals surface area (Å²) in [5.41, 5.74) is 3.25. The highest BCUT2D eigenvalue weighted by atomic mass is 16.5. The third kappa shape index (κ3) is 7.25. The van der Waals surface area contributed by atoms with Gasteiger partial charge in [-0.05, 0) is 54.8 Å². The molecule has 1 N–H and O–H groups in total. The molecule has 0 aliphatic carbocycles. The van der Waals surface area contributed by atoms with Crippen molar-refractivity contribution >= 4 is 6.21 Å². The Balaban J connectivity index is 1.49. The lowest BCUT2D eigenvalue weighted by atomic mass is 9.95. The maximum Gasteiger partial charge on any atom is 0.119 e. The number of aliphatic hydroxyl groups is 1. The Morgan fingerprint density at radius 1 is 0.886 bits per heavy atom. The van der Waals surface area contributed by atoms with Crippen molar-refractivity contribution in [1.29, 1.82) is 0 Å². The van der Waals surface area contributed by atoms with Gasteiger partial charge in [0, 0.05) is 25.8 Å². The van der Waals surface area contributed by atoms with Crippen LogP contribution in [0.3, 0.4) is 0 Å². The fraction of sp³-hybridized carbons (Fsp3) is 0.367. The molecule has 0 bridgehead atoms. The molecule has 0 unspecified atom stereocenters. The van der Waals surface area contributed by atoms with Crippen molar-refractivity contribution in [2.24, 2.45) is 10.9 Å². The van der Waals surface area contributed by atoms with Gasteiger partial charge in [-0.15, -0.1) is 0 Å². The Morgan fingerprint density at radius 2 is 1.54 bits per heavy atom. The molecule has 1 aliphatic rings. The summed E-state index contributed by atoms with van der Waals surface area (Å²) < 4.78 is 12.0. The van der Waals surface area contributed by atoms with Crippen LogP contribution in [0.1, 0.15) is 41.7 Å². The first-order valence-corrected chi connectivity index (χ1v) is 12.5. The van der Waals surface area contributed by atoms with Crippen LogP contribution < -0.4 is 4.74 Å². The van der Waals surface area contributed by atoms with Crippen LogP contribution in [-0.2, 0) is 11.3 Å². The molecular weight excluding hydrogens is 436 g/mol. The molecule has 5 nitrogen and oxygen atoms in total. The minimum atomic E-state index is -0.274. The number of nitrogens with zero attached hydrogens (tertiary/aromatic N) is 2. The zero-order valence-corrected chi connectivity index (χ0v) is 20.5. The standard InChI is InChI=1S/C30H36N2O3/c1-34-30(26-14-16-28(17-15-26)35-23-24-10-4-2-5-11-24)27(21-32-18-8-9-19-32)20-31-29(22-33)25-12-6-3-7-13-25/h2-7,10-17,20,27,29-30,33H,8-9,18-19,21-23H2,1H3/t27-,29-,30-/m1/s1. The van der Waals surface area contributed by atoms with E-state index in [1.807, 2.05) is 66.9 Å². The van der Waals surface area contributed by atoms with Crippen LogP contribution in [0, 0.1) is 5.92 Å². The van der Waals surface area contributed by atoms with Crippen LogP contribution in [0.15, 0.2) is 89.9 Å². The monoisotopic (exact) mass is 472 g/mol. The van der Waals surface area contributed by atoms with Gasteiger partial charge in [0.2, 0.25) is 0 Å². The van der Waals surface area contributed by atoms with Crippen LogP contribution >= 0.6 is 0 Å². The van der Waals surface area contributed by atoms with Gasteiger partial charge >= 0.3 is 0 Å². The van der Waals surface area contributed by atoms with Crippen molar-refractivity contribution in [3.63, 3.8) is 0 Å². The van der Waals surface area contributed by atoms with Crippen LogP contribution in [0.25, 0.3) is 0 Å². The Bertz CT molecular complexity index is 1020. The molecule has 0 aromatic heterocycles. The second-order valence-electron chi connectivity index (χ2n) is 9.08. The summed E-state index contributed by atoms with van der Waals surface area (Å²) in [5, 5.41) is 9.98. The number of aliphatic imine (C=N–C) groups is 1. The lowest BCUT2D eigenvalue weighted by Crippen LogP contribution is -2.32. The summed E-state index contributed by atoms with van der Waals surface area (Å²) in [4.78, 5) is 7.31. The van der Waals surface area contributed by atoms with Gasteiger partial charge in [0.1, 0.15) is 12.4 Å². The number of ether oxygens (including phenoxy) is 2. The van der Waals surface area contributed by atoms with E-state index in [2.05, 4.69) is 29.2 Å². The first kappa shape index (κ1) is 25.1. The minimum Gasteiger partial charge on any atom is -0.489 e. The molecule has 3 atom stereocenters. The van der Waals surface area contributed by atoms with Gasteiger partial charge in [-0.2, -0.15) is 0 Å². The van der Waals surface area contributed by atoms with Gasteiger partial charge in [0.15, 0.2) is 0 Å². The highest BCUT2D eigenvalue weighted by molar-refractivity contribution is 5.63. The molecule has 1 heterocycles. The van der Waals surface area contributed by atoms with Gasteiger partial charge < -0.3 is 19.5 Å². The minimum absolute atomic E-state index is 0.0257. The van der Waals surface area contributed by atoms with Crippen LogP contribution in [-0.4, -0.2) is 49.6 Å². The van der Waals surface area contributed by atoms with E-state index in [1.54, 1.807) is 7.11 Å². The molecule has 3 aromatic carbocycles. The van der Waals surface area contributed by atoms with Crippen molar-refractivity contribution in [1.82, 2.24) is 4.90 Å². The van der Waals surface area contributed by atoms with Crippen molar-refractivity contribution in [2.75, 3.05) is 33.4 Å². The molecule has 5 heteroatoms. The molecule has 1 aliphatic heterocycles. The van der Waals surface area contributed by atoms with Crippen LogP contribution in [0.2, 0.25) is 0 Å². The van der Waals surface area contributed by atoms with Gasteiger partial charge in [-0.1, -0.05) is 72.8 Å². The van der Waals surface area contributed by atoms with E-state index in [9.17, 15) is 5.11 Å². The highest BCUT2D eigenvalue weighted by Crippen LogP contribution is 2.29. The molecule has 0 radical (unpaired) electrons. The lowest BCUT2D eigenvalue weighted by molar-refractivity contribution is 0.0637. The Labute approximate surface area is 209 Å². The van der Waals surface area contributed by atoms with E-state index in [0.29, 0.717) is 6.61 Å². The highest BCUT2D eigenvalue weighted by Gasteiger charge is 2.26. The molecule has 1 fully saturated rings. The first-order chi connectivity index (χ1) is 17.3. The fourth-order valence-corrected chi connectivity index (χ4v) is 4.67. The summed E-state index contributed by atoms with van der Waals surface area (Å²) in [7, 11) is 1.76. The number of hydrogen-bond donors (Lipinski definition) is 1. The average molecular weight is 473 g/mol. The molecule has 0 saturated carbocycles. The molecule has 1 saturated heterocycles. The maximum atomic E-state index is 9.98. The Kier molecular flexibility index (Phi) is 9.47. The van der Waals surface area contributed by atoms with Crippen LogP contribution in [0.5, 0.6) is 5.75 Å². The van der Waals surface area contributed by atoms with Crippen molar-refractivity contribution < 1.29 is 14.6 Å². The molecule has 3 aromatic rings. The summed E-state index contributed by atoms with van der Waals surface area (Å²) in [6, 6.07) is 28.0. The van der Waals surface area contributed by atoms with E-state index in [4.69, 9.17) is 14.5 Å². The number of hydrogen-bond acceptors (Lipinski definition) is 5. The topological polar surface area (TPSA) is 54.3 Å². The zero-order valence-electron chi connectivity index (χ0n) is 20.5. The summed E-state index contributed by atoms with van der Waals surface area (Å²) in [6.07, 6.45) is 4.33. The molecule has 0 spiro atoms. The van der Waals surface area contributed by atoms with Gasteiger partial charge in [0.25, 0.3) is 0 Å². The largest absolute Gasteiger partial charge is 0.489 e. The third-order valence-electron chi connectivity index (χ3n) is 6.58. The predicted octanol–water partition coefficient (Wildman–Crippen LogP) is 5.47. The first-order valence-electron chi connectivity index (χ1n) is 12.5. The van der Waals surface area contributed by atoms with Crippen molar-refractivity contribution in [3.8, 4) is 5.75 Å². The van der Waals surface area contributed by atoms with Crippen molar-refractivity contribution in [3.05, 3.63) is 102 Å². The average Bonchev–Trinajstić information content (AvgIpc) is 3.43.